The number of nitrogens with one attached hydrogen (secondary N) is 1. The summed E-state index contributed by atoms with van der Waals surface area (Å²) in [5.74, 6) is 0.879. The number of piperidine rings is 1. The Bertz CT molecular complexity index is 1280. The molecule has 0 spiro atoms. The van der Waals surface area contributed by atoms with Crippen LogP contribution in [0.3, 0.4) is 0 Å². The summed E-state index contributed by atoms with van der Waals surface area (Å²) in [6.45, 7) is 9.86. The molecule has 0 bridgehead atoms. The van der Waals surface area contributed by atoms with Gasteiger partial charge >= 0.3 is 0 Å². The lowest BCUT2D eigenvalue weighted by atomic mass is 9.84. The number of halogens is 2. The lowest BCUT2D eigenvalue weighted by Crippen LogP contribution is -2.58. The van der Waals surface area contributed by atoms with Crippen molar-refractivity contribution in [3.63, 3.8) is 0 Å². The minimum Gasteiger partial charge on any atom is -0.389 e. The molecule has 1 aromatic carbocycles. The Hall–Kier alpha value is -2.33. The number of hydrogen-bond acceptors (Lipinski definition) is 7. The fourth-order valence-electron chi connectivity index (χ4n) is 5.15. The van der Waals surface area contributed by atoms with Crippen molar-refractivity contribution in [3.8, 4) is 0 Å². The van der Waals surface area contributed by atoms with E-state index < -0.39 is 17.8 Å². The highest BCUT2D eigenvalue weighted by atomic mass is 35.5. The van der Waals surface area contributed by atoms with E-state index in [0.29, 0.717) is 36.1 Å². The second-order valence-corrected chi connectivity index (χ2v) is 11.7. The zero-order valence-corrected chi connectivity index (χ0v) is 22.2. The van der Waals surface area contributed by atoms with Crippen LogP contribution in [0.4, 0.5) is 16.2 Å². The summed E-state index contributed by atoms with van der Waals surface area (Å²) in [6, 6.07) is 5.69. The normalized spacial score (nSPS) is 27.6. The molecule has 0 saturated carbocycles. The first-order valence-electron chi connectivity index (χ1n) is 12.4. The van der Waals surface area contributed by atoms with Crippen molar-refractivity contribution < 1.29 is 14.2 Å². The average molecular weight is 517 g/mol. The van der Waals surface area contributed by atoms with E-state index in [2.05, 4.69) is 36.2 Å². The predicted molar refractivity (Wildman–Crippen MR) is 139 cm³/mol. The molecule has 2 saturated heterocycles. The van der Waals surface area contributed by atoms with E-state index >= 15 is 4.39 Å². The van der Waals surface area contributed by atoms with Crippen LogP contribution in [-0.4, -0.2) is 73.9 Å². The fraction of sp³-hybridized carbons (Fsp3) is 0.577. The highest BCUT2D eigenvalue weighted by Crippen LogP contribution is 2.39. The quantitative estimate of drug-likeness (QED) is 0.533. The largest absolute Gasteiger partial charge is 0.389 e. The van der Waals surface area contributed by atoms with Crippen molar-refractivity contribution in [2.75, 3.05) is 31.6 Å². The van der Waals surface area contributed by atoms with Gasteiger partial charge < -0.3 is 15.2 Å². The molecular formula is C26H34ClFN6O2. The Morgan fingerprint density at radius 3 is 2.69 bits per heavy atom. The van der Waals surface area contributed by atoms with Gasteiger partial charge in [-0.1, -0.05) is 32.4 Å². The number of hydrogen-bond donors (Lipinski definition) is 2. The first-order valence-corrected chi connectivity index (χ1v) is 12.8. The number of alkyl halides is 1. The summed E-state index contributed by atoms with van der Waals surface area (Å²) in [4.78, 5) is 11.2. The molecule has 10 heteroatoms. The lowest BCUT2D eigenvalue weighted by Gasteiger charge is -2.45. The third-order valence-electron chi connectivity index (χ3n) is 7.64. The molecular weight excluding hydrogens is 483 g/mol. The molecule has 2 aromatic heterocycles. The monoisotopic (exact) mass is 516 g/mol. The summed E-state index contributed by atoms with van der Waals surface area (Å²) in [7, 11) is 1.88. The Kier molecular flexibility index (Phi) is 6.47. The third-order valence-corrected chi connectivity index (χ3v) is 7.96. The number of benzene rings is 1. The van der Waals surface area contributed by atoms with Crippen molar-refractivity contribution in [1.82, 2.24) is 24.6 Å². The number of nitrogens with zero attached hydrogens (tertiary/aromatic N) is 5. The molecule has 2 N–H and O–H groups in total. The van der Waals surface area contributed by atoms with Gasteiger partial charge in [-0.25, -0.2) is 14.4 Å². The standard InChI is InChI=1S/C26H34ClFN6O2/c1-25(2,3)21-10-23(33(5)32-21)31-24-29-11-15-8-18(27)17(9-20(15)30-24)16-6-7-34(12-19(16)28)26(4)14-36-13-22(26)35/h8-11,16,19,22,35H,6-7,12-14H2,1-5H3,(H,29,30,31)/t16?,19?,22?,26-/m1/s1. The van der Waals surface area contributed by atoms with Crippen molar-refractivity contribution in [3.05, 3.63) is 40.7 Å². The van der Waals surface area contributed by atoms with Gasteiger partial charge in [-0.2, -0.15) is 5.10 Å². The van der Waals surface area contributed by atoms with Crippen molar-refractivity contribution in [2.24, 2.45) is 7.05 Å². The Labute approximate surface area is 215 Å². The molecule has 0 aliphatic carbocycles. The Morgan fingerprint density at radius 2 is 2.06 bits per heavy atom. The van der Waals surface area contributed by atoms with Crippen molar-refractivity contribution in [2.45, 2.75) is 63.3 Å². The highest BCUT2D eigenvalue weighted by molar-refractivity contribution is 6.32. The van der Waals surface area contributed by atoms with Crippen molar-refractivity contribution >= 4 is 34.3 Å². The molecule has 4 atom stereocenters. The van der Waals surface area contributed by atoms with Gasteiger partial charge in [0.25, 0.3) is 0 Å². The van der Waals surface area contributed by atoms with E-state index in [-0.39, 0.29) is 24.5 Å². The number of likely N-dealkylation sites (tertiary alicyclic amines) is 1. The van der Waals surface area contributed by atoms with Crippen LogP contribution in [0.2, 0.25) is 5.02 Å². The topological polar surface area (TPSA) is 88.3 Å². The molecule has 0 radical (unpaired) electrons. The molecule has 4 heterocycles. The van der Waals surface area contributed by atoms with Crippen molar-refractivity contribution in [1.29, 1.82) is 0 Å². The van der Waals surface area contributed by atoms with Gasteiger partial charge in [-0.3, -0.25) is 9.58 Å². The van der Waals surface area contributed by atoms with Gasteiger partial charge in [0.1, 0.15) is 12.0 Å². The summed E-state index contributed by atoms with van der Waals surface area (Å²) in [6.07, 6.45) is 0.574. The van der Waals surface area contributed by atoms with Crippen LogP contribution in [-0.2, 0) is 17.2 Å². The van der Waals surface area contributed by atoms with E-state index in [1.165, 1.54) is 0 Å². The number of anilines is 2. The van der Waals surface area contributed by atoms with Gasteiger partial charge in [0.15, 0.2) is 0 Å². The Balaban J connectivity index is 1.39. The maximum Gasteiger partial charge on any atom is 0.228 e. The molecule has 194 valence electrons. The maximum absolute atomic E-state index is 15.5. The minimum atomic E-state index is -1.12. The van der Waals surface area contributed by atoms with E-state index in [9.17, 15) is 5.11 Å². The third kappa shape index (κ3) is 4.58. The summed E-state index contributed by atoms with van der Waals surface area (Å²) >= 11 is 6.63. The number of aliphatic hydroxyl groups is 1. The second-order valence-electron chi connectivity index (χ2n) is 11.3. The van der Waals surface area contributed by atoms with Crippen LogP contribution in [0.5, 0.6) is 0 Å². The zero-order valence-electron chi connectivity index (χ0n) is 21.4. The van der Waals surface area contributed by atoms with Crippen LogP contribution < -0.4 is 5.32 Å². The summed E-state index contributed by atoms with van der Waals surface area (Å²) in [5, 5.41) is 19.5. The summed E-state index contributed by atoms with van der Waals surface area (Å²) < 4.78 is 22.8. The number of aromatic nitrogens is 4. The molecule has 5 rings (SSSR count). The van der Waals surface area contributed by atoms with Gasteiger partial charge in [0.05, 0.1) is 36.1 Å². The van der Waals surface area contributed by atoms with Gasteiger partial charge in [-0.15, -0.1) is 0 Å². The minimum absolute atomic E-state index is 0.0770. The molecule has 2 fully saturated rings. The fourth-order valence-corrected chi connectivity index (χ4v) is 5.46. The Morgan fingerprint density at radius 1 is 1.28 bits per heavy atom. The van der Waals surface area contributed by atoms with Gasteiger partial charge in [-0.05, 0) is 37.6 Å². The highest BCUT2D eigenvalue weighted by Gasteiger charge is 2.47. The van der Waals surface area contributed by atoms with Crippen LogP contribution in [0.25, 0.3) is 10.9 Å². The molecule has 2 aliphatic rings. The maximum atomic E-state index is 15.5. The van der Waals surface area contributed by atoms with Gasteiger partial charge in [0, 0.05) is 47.6 Å². The molecule has 3 unspecified atom stereocenters. The first-order chi connectivity index (χ1) is 17.0. The number of fused-ring (bicyclic) bond motifs is 1. The van der Waals surface area contributed by atoms with Crippen LogP contribution in [0.15, 0.2) is 24.4 Å². The first kappa shape index (κ1) is 25.3. The smallest absolute Gasteiger partial charge is 0.228 e. The number of ether oxygens (including phenoxy) is 1. The van der Waals surface area contributed by atoms with Gasteiger partial charge in [0.2, 0.25) is 5.95 Å². The van der Waals surface area contributed by atoms with E-state index in [1.807, 2.05) is 37.1 Å². The average Bonchev–Trinajstić information content (AvgIpc) is 3.36. The van der Waals surface area contributed by atoms with Crippen LogP contribution in [0, 0.1) is 0 Å². The van der Waals surface area contributed by atoms with E-state index in [0.717, 1.165) is 22.5 Å². The second kappa shape index (κ2) is 9.20. The van der Waals surface area contributed by atoms with Crippen LogP contribution in [0.1, 0.15) is 51.3 Å². The number of rotatable bonds is 4. The lowest BCUT2D eigenvalue weighted by molar-refractivity contribution is -0.0237. The zero-order chi connectivity index (χ0) is 25.8. The number of aliphatic hydroxyl groups excluding tert-OH is 1. The van der Waals surface area contributed by atoms with Crippen LogP contribution >= 0.6 is 11.6 Å². The molecule has 8 nitrogen and oxygen atoms in total. The molecule has 2 aliphatic heterocycles. The number of aryl methyl sites for hydroxylation is 1. The van der Waals surface area contributed by atoms with E-state index in [4.69, 9.17) is 21.3 Å². The molecule has 3 aromatic rings. The SMILES string of the molecule is Cn1nc(C(C)(C)C)cc1Nc1ncc2cc(Cl)c(C3CCN([C@]4(C)COCC4O)CC3F)cc2n1. The molecule has 36 heavy (non-hydrogen) atoms. The predicted octanol–water partition coefficient (Wildman–Crippen LogP) is 4.34. The summed E-state index contributed by atoms with van der Waals surface area (Å²) in [5.41, 5.74) is 1.78. The van der Waals surface area contributed by atoms with E-state index in [1.54, 1.807) is 10.9 Å². The molecule has 0 amide bonds.